The summed E-state index contributed by atoms with van der Waals surface area (Å²) in [5.41, 5.74) is 3.21. The summed E-state index contributed by atoms with van der Waals surface area (Å²) < 4.78 is 6.17. The molecule has 2 atom stereocenters. The summed E-state index contributed by atoms with van der Waals surface area (Å²) >= 11 is 12.1. The molecular formula is C23H24Cl2N2O2. The van der Waals surface area contributed by atoms with Gasteiger partial charge in [0.2, 0.25) is 0 Å². The largest absolute Gasteiger partial charge is 0.485 e. The number of hydrogen-bond acceptors (Lipinski definition) is 4. The van der Waals surface area contributed by atoms with Crippen LogP contribution in [0.2, 0.25) is 10.2 Å². The van der Waals surface area contributed by atoms with Gasteiger partial charge in [0, 0.05) is 16.0 Å². The van der Waals surface area contributed by atoms with Crippen molar-refractivity contribution >= 4 is 34.1 Å². The van der Waals surface area contributed by atoms with Crippen molar-refractivity contribution in [3.63, 3.8) is 0 Å². The van der Waals surface area contributed by atoms with E-state index >= 15 is 0 Å². The molecule has 0 saturated carbocycles. The molecule has 0 spiro atoms. The molecular weight excluding hydrogens is 407 g/mol. The van der Waals surface area contributed by atoms with Gasteiger partial charge in [0.15, 0.2) is 0 Å². The number of aromatic nitrogens is 1. The van der Waals surface area contributed by atoms with Gasteiger partial charge < -0.3 is 15.2 Å². The molecule has 2 aromatic carbocycles. The molecule has 2 N–H and O–H groups in total. The van der Waals surface area contributed by atoms with Crippen molar-refractivity contribution in [1.82, 2.24) is 10.3 Å². The average molecular weight is 431 g/mol. The van der Waals surface area contributed by atoms with Crippen molar-refractivity contribution < 1.29 is 9.84 Å². The number of aliphatic hydroxyl groups is 1. The van der Waals surface area contributed by atoms with Crippen molar-refractivity contribution in [2.45, 2.75) is 44.9 Å². The van der Waals surface area contributed by atoms with Crippen LogP contribution in [-0.4, -0.2) is 28.3 Å². The van der Waals surface area contributed by atoms with E-state index in [4.69, 9.17) is 27.9 Å². The Balaban J connectivity index is 1.65. The van der Waals surface area contributed by atoms with Gasteiger partial charge in [-0.2, -0.15) is 0 Å². The topological polar surface area (TPSA) is 54.4 Å². The number of hydrogen-bond donors (Lipinski definition) is 2. The van der Waals surface area contributed by atoms with Crippen LogP contribution >= 0.6 is 23.2 Å². The third kappa shape index (κ3) is 4.08. The molecule has 0 radical (unpaired) electrons. The monoisotopic (exact) mass is 430 g/mol. The summed E-state index contributed by atoms with van der Waals surface area (Å²) in [5.74, 6) is 0.768. The van der Waals surface area contributed by atoms with Gasteiger partial charge in [0.05, 0.1) is 11.6 Å². The number of aryl methyl sites for hydroxylation is 1. The van der Waals surface area contributed by atoms with Crippen molar-refractivity contribution in [3.05, 3.63) is 69.3 Å². The predicted octanol–water partition coefficient (Wildman–Crippen LogP) is 5.26. The zero-order chi connectivity index (χ0) is 20.8. The molecule has 0 saturated heterocycles. The van der Waals surface area contributed by atoms with Crippen molar-refractivity contribution in [2.75, 3.05) is 6.54 Å². The van der Waals surface area contributed by atoms with E-state index in [0.29, 0.717) is 11.7 Å². The fourth-order valence-electron chi connectivity index (χ4n) is 3.89. The fourth-order valence-corrected chi connectivity index (χ4v) is 4.27. The first-order valence-electron chi connectivity index (χ1n) is 9.70. The lowest BCUT2D eigenvalue weighted by molar-refractivity contribution is -0.0642. The van der Waals surface area contributed by atoms with E-state index in [1.807, 2.05) is 63.2 Å². The molecule has 0 fully saturated rings. The summed E-state index contributed by atoms with van der Waals surface area (Å²) in [5, 5.41) is 16.7. The molecule has 0 amide bonds. The van der Waals surface area contributed by atoms with Crippen LogP contribution in [-0.2, 0) is 6.42 Å². The molecule has 1 aromatic heterocycles. The fraction of sp³-hybridized carbons (Fsp3) is 0.348. The Labute approximate surface area is 180 Å². The summed E-state index contributed by atoms with van der Waals surface area (Å²) in [4.78, 5) is 4.46. The van der Waals surface area contributed by atoms with Gasteiger partial charge in [-0.05, 0) is 75.2 Å². The normalized spacial score (nSPS) is 20.3. The standard InChI is InChI=1S/C23H24Cl2N2O2/c1-13-10-20(25)27-18-11-17-19(12-16(13)18)29-23(2,3)22(28)21(17)26-9-8-14-4-6-15(24)7-5-14/h4-7,10-12,21-22,26,28H,8-9H2,1-3H3/t21-,22+/m0/s1. The second-order valence-corrected chi connectivity index (χ2v) is 8.95. The maximum absolute atomic E-state index is 11.0. The van der Waals surface area contributed by atoms with Crippen molar-refractivity contribution in [2.24, 2.45) is 0 Å². The molecule has 4 rings (SSSR count). The van der Waals surface area contributed by atoms with Gasteiger partial charge in [-0.3, -0.25) is 0 Å². The summed E-state index contributed by atoms with van der Waals surface area (Å²) in [6.07, 6.45) is 0.117. The molecule has 4 nitrogen and oxygen atoms in total. The molecule has 3 aromatic rings. The van der Waals surface area contributed by atoms with Gasteiger partial charge in [0.1, 0.15) is 22.6 Å². The number of fused-ring (bicyclic) bond motifs is 2. The van der Waals surface area contributed by atoms with E-state index in [1.54, 1.807) is 0 Å². The van der Waals surface area contributed by atoms with Crippen LogP contribution in [0.4, 0.5) is 0 Å². The van der Waals surface area contributed by atoms with Gasteiger partial charge in [-0.1, -0.05) is 35.3 Å². The van der Waals surface area contributed by atoms with Crippen LogP contribution in [0, 0.1) is 6.92 Å². The number of aliphatic hydroxyl groups excluding tert-OH is 1. The highest BCUT2D eigenvalue weighted by Crippen LogP contribution is 2.42. The lowest BCUT2D eigenvalue weighted by Gasteiger charge is -2.42. The molecule has 29 heavy (non-hydrogen) atoms. The van der Waals surface area contributed by atoms with Gasteiger partial charge in [0.25, 0.3) is 0 Å². The van der Waals surface area contributed by atoms with Gasteiger partial charge in [-0.25, -0.2) is 4.98 Å². The zero-order valence-electron chi connectivity index (χ0n) is 16.7. The van der Waals surface area contributed by atoms with Crippen molar-refractivity contribution in [1.29, 1.82) is 0 Å². The SMILES string of the molecule is Cc1cc(Cl)nc2cc3c(cc12)OC(C)(C)[C@H](O)[C@H]3NCCc1ccc(Cl)cc1. The third-order valence-electron chi connectivity index (χ3n) is 5.54. The Morgan fingerprint density at radius 1 is 1.14 bits per heavy atom. The van der Waals surface area contributed by atoms with E-state index in [0.717, 1.165) is 39.2 Å². The average Bonchev–Trinajstić information content (AvgIpc) is 2.65. The number of rotatable bonds is 4. The molecule has 0 bridgehead atoms. The number of ether oxygens (including phenoxy) is 1. The minimum absolute atomic E-state index is 0.272. The van der Waals surface area contributed by atoms with Gasteiger partial charge in [-0.15, -0.1) is 0 Å². The number of nitrogens with one attached hydrogen (secondary N) is 1. The lowest BCUT2D eigenvalue weighted by Crippen LogP contribution is -2.52. The smallest absolute Gasteiger partial charge is 0.131 e. The molecule has 6 heteroatoms. The third-order valence-corrected chi connectivity index (χ3v) is 5.99. The number of benzene rings is 2. The molecule has 1 aliphatic rings. The predicted molar refractivity (Wildman–Crippen MR) is 118 cm³/mol. The van der Waals surface area contributed by atoms with E-state index in [9.17, 15) is 5.11 Å². The first-order chi connectivity index (χ1) is 13.7. The summed E-state index contributed by atoms with van der Waals surface area (Å²) in [7, 11) is 0. The lowest BCUT2D eigenvalue weighted by atomic mass is 9.85. The molecule has 0 unspecified atom stereocenters. The minimum Gasteiger partial charge on any atom is -0.485 e. The second-order valence-electron chi connectivity index (χ2n) is 8.13. The van der Waals surface area contributed by atoms with E-state index in [-0.39, 0.29) is 6.04 Å². The Hall–Kier alpha value is -1.85. The number of halogens is 2. The minimum atomic E-state index is -0.716. The Morgan fingerprint density at radius 2 is 1.86 bits per heavy atom. The van der Waals surface area contributed by atoms with E-state index in [2.05, 4.69) is 10.3 Å². The first kappa shape index (κ1) is 20.4. The molecule has 0 aliphatic carbocycles. The second kappa shape index (κ2) is 7.77. The summed E-state index contributed by atoms with van der Waals surface area (Å²) in [6.45, 7) is 6.53. The number of pyridine rings is 1. The quantitative estimate of drug-likeness (QED) is 0.554. The highest BCUT2D eigenvalue weighted by Gasteiger charge is 2.42. The van der Waals surface area contributed by atoms with Crippen LogP contribution in [0.3, 0.4) is 0 Å². The first-order valence-corrected chi connectivity index (χ1v) is 10.5. The number of nitrogens with zero attached hydrogens (tertiary/aromatic N) is 1. The highest BCUT2D eigenvalue weighted by atomic mass is 35.5. The Bertz CT molecular complexity index is 1050. The highest BCUT2D eigenvalue weighted by molar-refractivity contribution is 6.30. The van der Waals surface area contributed by atoms with Crippen LogP contribution in [0.5, 0.6) is 5.75 Å². The maximum atomic E-state index is 11.0. The van der Waals surface area contributed by atoms with E-state index < -0.39 is 11.7 Å². The Kier molecular flexibility index (Phi) is 5.47. The maximum Gasteiger partial charge on any atom is 0.131 e. The zero-order valence-corrected chi connectivity index (χ0v) is 18.2. The molecule has 2 heterocycles. The van der Waals surface area contributed by atoms with Crippen LogP contribution in [0.25, 0.3) is 10.9 Å². The van der Waals surface area contributed by atoms with Crippen LogP contribution < -0.4 is 10.1 Å². The Morgan fingerprint density at radius 3 is 2.59 bits per heavy atom. The van der Waals surface area contributed by atoms with E-state index in [1.165, 1.54) is 5.56 Å². The van der Waals surface area contributed by atoms with Crippen LogP contribution in [0.15, 0.2) is 42.5 Å². The van der Waals surface area contributed by atoms with Gasteiger partial charge >= 0.3 is 0 Å². The molecule has 1 aliphatic heterocycles. The van der Waals surface area contributed by atoms with Crippen molar-refractivity contribution in [3.8, 4) is 5.75 Å². The molecule has 152 valence electrons. The van der Waals surface area contributed by atoms with Crippen LogP contribution in [0.1, 0.15) is 36.6 Å². The summed E-state index contributed by atoms with van der Waals surface area (Å²) in [6, 6.07) is 13.4.